The van der Waals surface area contributed by atoms with Crippen molar-refractivity contribution in [3.05, 3.63) is 29.8 Å². The van der Waals surface area contributed by atoms with Crippen molar-refractivity contribution in [1.29, 1.82) is 5.26 Å². The van der Waals surface area contributed by atoms with Crippen molar-refractivity contribution in [2.45, 2.75) is 38.6 Å². The second-order valence-electron chi connectivity index (χ2n) is 4.48. The van der Waals surface area contributed by atoms with Crippen molar-refractivity contribution in [2.24, 2.45) is 5.73 Å². The van der Waals surface area contributed by atoms with E-state index in [2.05, 4.69) is 19.1 Å². The largest absolute Gasteiger partial charge is 0.494 e. The molecule has 3 heteroatoms. The third kappa shape index (κ3) is 4.88. The van der Waals surface area contributed by atoms with Crippen LogP contribution in [0.2, 0.25) is 0 Å². The number of nitrogens with two attached hydrogens (primary N) is 1. The Morgan fingerprint density at radius 1 is 1.47 bits per heavy atom. The van der Waals surface area contributed by atoms with Crippen molar-refractivity contribution in [1.82, 2.24) is 0 Å². The number of nitrogens with zero attached hydrogens (tertiary/aromatic N) is 1. The van der Waals surface area contributed by atoms with Crippen molar-refractivity contribution < 1.29 is 4.74 Å². The van der Waals surface area contributed by atoms with Crippen LogP contribution in [0.3, 0.4) is 0 Å². The molecule has 0 heterocycles. The molecule has 1 aromatic rings. The van der Waals surface area contributed by atoms with Crippen LogP contribution in [0.5, 0.6) is 5.75 Å². The van der Waals surface area contributed by atoms with E-state index in [9.17, 15) is 0 Å². The van der Waals surface area contributed by atoms with Crippen LogP contribution >= 0.6 is 0 Å². The maximum atomic E-state index is 8.76. The molecular weight excluding hydrogens is 212 g/mol. The van der Waals surface area contributed by atoms with Gasteiger partial charge >= 0.3 is 0 Å². The Labute approximate surface area is 103 Å². The molecular formula is C14H20N2O. The first-order chi connectivity index (χ1) is 8.07. The van der Waals surface area contributed by atoms with Gasteiger partial charge in [0.1, 0.15) is 11.3 Å². The van der Waals surface area contributed by atoms with Crippen LogP contribution < -0.4 is 10.5 Å². The lowest BCUT2D eigenvalue weighted by Gasteiger charge is -2.15. The standard InChI is InChI=1S/C14H20N2O/c1-3-12-6-4-7-13(10-12)17-9-5-8-14(2,16)11-15/h4,6-7,10H,3,5,8-9,16H2,1-2H3. The Hall–Kier alpha value is -1.53. The first kappa shape index (κ1) is 13.5. The fraction of sp³-hybridized carbons (Fsp3) is 0.500. The van der Waals surface area contributed by atoms with Crippen LogP contribution in [0.25, 0.3) is 0 Å². The van der Waals surface area contributed by atoms with Crippen LogP contribution in [-0.4, -0.2) is 12.1 Å². The maximum absolute atomic E-state index is 8.76. The van der Waals surface area contributed by atoms with E-state index in [0.717, 1.165) is 18.6 Å². The quantitative estimate of drug-likeness (QED) is 0.767. The lowest BCUT2D eigenvalue weighted by molar-refractivity contribution is 0.296. The van der Waals surface area contributed by atoms with Gasteiger partial charge in [0.25, 0.3) is 0 Å². The Balaban J connectivity index is 2.34. The molecule has 0 fully saturated rings. The minimum absolute atomic E-state index is 0.599. The molecule has 0 spiro atoms. The van der Waals surface area contributed by atoms with E-state index in [4.69, 9.17) is 15.7 Å². The van der Waals surface area contributed by atoms with Crippen LogP contribution in [0.15, 0.2) is 24.3 Å². The predicted octanol–water partition coefficient (Wildman–Crippen LogP) is 2.65. The second kappa shape index (κ2) is 6.27. The zero-order chi connectivity index (χ0) is 12.7. The Bertz CT molecular complexity index is 393. The summed E-state index contributed by atoms with van der Waals surface area (Å²) in [6, 6.07) is 10.2. The number of rotatable bonds is 6. The average molecular weight is 232 g/mol. The SMILES string of the molecule is CCc1cccc(OCCCC(C)(N)C#N)c1. The van der Waals surface area contributed by atoms with Gasteiger partial charge in [-0.3, -0.25) is 0 Å². The Morgan fingerprint density at radius 2 is 2.24 bits per heavy atom. The molecule has 0 aromatic heterocycles. The normalized spacial score (nSPS) is 13.8. The molecule has 1 rings (SSSR count). The highest BCUT2D eigenvalue weighted by molar-refractivity contribution is 5.28. The molecule has 0 saturated heterocycles. The molecule has 92 valence electrons. The number of hydrogen-bond donors (Lipinski definition) is 1. The summed E-state index contributed by atoms with van der Waals surface area (Å²) < 4.78 is 5.62. The fourth-order valence-corrected chi connectivity index (χ4v) is 1.54. The highest BCUT2D eigenvalue weighted by Crippen LogP contribution is 2.15. The highest BCUT2D eigenvalue weighted by atomic mass is 16.5. The smallest absolute Gasteiger partial charge is 0.119 e. The summed E-state index contributed by atoms with van der Waals surface area (Å²) in [6.07, 6.45) is 2.44. The van der Waals surface area contributed by atoms with Gasteiger partial charge in [-0.15, -0.1) is 0 Å². The minimum Gasteiger partial charge on any atom is -0.494 e. The van der Waals surface area contributed by atoms with Gasteiger partial charge in [0.15, 0.2) is 0 Å². The van der Waals surface area contributed by atoms with E-state index >= 15 is 0 Å². The lowest BCUT2D eigenvalue weighted by atomic mass is 10.00. The van der Waals surface area contributed by atoms with Gasteiger partial charge in [0, 0.05) is 0 Å². The van der Waals surface area contributed by atoms with Crippen molar-refractivity contribution >= 4 is 0 Å². The van der Waals surface area contributed by atoms with Crippen LogP contribution in [0, 0.1) is 11.3 Å². The molecule has 0 aliphatic carbocycles. The lowest BCUT2D eigenvalue weighted by Crippen LogP contribution is -2.34. The van der Waals surface area contributed by atoms with Gasteiger partial charge in [-0.2, -0.15) is 5.26 Å². The van der Waals surface area contributed by atoms with Crippen molar-refractivity contribution in [3.8, 4) is 11.8 Å². The van der Waals surface area contributed by atoms with Gasteiger partial charge in [-0.05, 0) is 43.9 Å². The number of hydrogen-bond acceptors (Lipinski definition) is 3. The molecule has 0 aliphatic rings. The van der Waals surface area contributed by atoms with Gasteiger partial charge in [-0.25, -0.2) is 0 Å². The number of benzene rings is 1. The number of nitriles is 1. The molecule has 0 saturated carbocycles. The molecule has 1 aromatic carbocycles. The molecule has 0 amide bonds. The van der Waals surface area contributed by atoms with E-state index < -0.39 is 5.54 Å². The first-order valence-electron chi connectivity index (χ1n) is 5.99. The zero-order valence-electron chi connectivity index (χ0n) is 10.6. The molecule has 1 unspecified atom stereocenters. The van der Waals surface area contributed by atoms with Gasteiger partial charge in [-0.1, -0.05) is 19.1 Å². The van der Waals surface area contributed by atoms with Crippen molar-refractivity contribution in [3.63, 3.8) is 0 Å². The van der Waals surface area contributed by atoms with Crippen LogP contribution in [-0.2, 0) is 6.42 Å². The number of ether oxygens (including phenoxy) is 1. The molecule has 1 atom stereocenters. The summed E-state index contributed by atoms with van der Waals surface area (Å²) in [4.78, 5) is 0. The molecule has 17 heavy (non-hydrogen) atoms. The summed E-state index contributed by atoms with van der Waals surface area (Å²) in [7, 11) is 0. The summed E-state index contributed by atoms with van der Waals surface area (Å²) in [5.74, 6) is 0.889. The van der Waals surface area contributed by atoms with E-state index in [1.54, 1.807) is 6.92 Å². The minimum atomic E-state index is -0.741. The summed E-state index contributed by atoms with van der Waals surface area (Å²) >= 11 is 0. The van der Waals surface area contributed by atoms with E-state index in [1.807, 2.05) is 18.2 Å². The third-order valence-corrected chi connectivity index (χ3v) is 2.67. The monoisotopic (exact) mass is 232 g/mol. The Morgan fingerprint density at radius 3 is 2.88 bits per heavy atom. The average Bonchev–Trinajstić information content (AvgIpc) is 2.35. The van der Waals surface area contributed by atoms with Gasteiger partial charge < -0.3 is 10.5 Å². The van der Waals surface area contributed by atoms with Crippen LogP contribution in [0.1, 0.15) is 32.3 Å². The van der Waals surface area contributed by atoms with E-state index in [1.165, 1.54) is 5.56 Å². The molecule has 0 aliphatic heterocycles. The zero-order valence-corrected chi connectivity index (χ0v) is 10.6. The fourth-order valence-electron chi connectivity index (χ4n) is 1.54. The molecule has 0 bridgehead atoms. The van der Waals surface area contributed by atoms with Gasteiger partial charge in [0.2, 0.25) is 0 Å². The highest BCUT2D eigenvalue weighted by Gasteiger charge is 2.16. The van der Waals surface area contributed by atoms with E-state index in [0.29, 0.717) is 13.0 Å². The number of aryl methyl sites for hydroxylation is 1. The summed E-state index contributed by atoms with van der Waals surface area (Å²) in [5.41, 5.74) is 6.25. The summed E-state index contributed by atoms with van der Waals surface area (Å²) in [6.45, 7) is 4.46. The molecule has 0 radical (unpaired) electrons. The van der Waals surface area contributed by atoms with Gasteiger partial charge in [0.05, 0.1) is 12.7 Å². The molecule has 3 nitrogen and oxygen atoms in total. The van der Waals surface area contributed by atoms with E-state index in [-0.39, 0.29) is 0 Å². The first-order valence-corrected chi connectivity index (χ1v) is 5.99. The third-order valence-electron chi connectivity index (χ3n) is 2.67. The topological polar surface area (TPSA) is 59.0 Å². The van der Waals surface area contributed by atoms with Crippen molar-refractivity contribution in [2.75, 3.05) is 6.61 Å². The second-order valence-corrected chi connectivity index (χ2v) is 4.48. The summed E-state index contributed by atoms with van der Waals surface area (Å²) in [5, 5.41) is 8.76. The predicted molar refractivity (Wildman–Crippen MR) is 68.8 cm³/mol. The van der Waals surface area contributed by atoms with Crippen LogP contribution in [0.4, 0.5) is 0 Å². The maximum Gasteiger partial charge on any atom is 0.119 e. The Kier molecular flexibility index (Phi) is 4.99. The molecule has 2 N–H and O–H groups in total.